The van der Waals surface area contributed by atoms with Crippen LogP contribution in [0.4, 0.5) is 14.9 Å². The molecule has 8 aliphatic heterocycles. The van der Waals surface area contributed by atoms with E-state index in [-0.39, 0.29) is 66.6 Å². The number of nitrogens with one attached hydrogen (secondary N) is 2. The molecular weight excluding hydrogens is 1660 g/mol. The minimum absolute atomic E-state index is 0.0537. The molecule has 8 aliphatic rings. The highest BCUT2D eigenvalue weighted by atomic mass is 79.9. The number of rotatable bonds is 15. The van der Waals surface area contributed by atoms with Crippen LogP contribution in [0.2, 0.25) is 0 Å². The topological polar surface area (TPSA) is 284 Å². The van der Waals surface area contributed by atoms with Gasteiger partial charge in [0.1, 0.15) is 70.2 Å². The Labute approximate surface area is 690 Å². The van der Waals surface area contributed by atoms with Crippen molar-refractivity contribution >= 4 is 134 Å². The van der Waals surface area contributed by atoms with Gasteiger partial charge in [-0.15, -0.1) is 22.7 Å². The lowest BCUT2D eigenvalue weighted by atomic mass is 9.97. The van der Waals surface area contributed by atoms with Crippen LogP contribution in [0.15, 0.2) is 179 Å². The number of ether oxygens (including phenoxy) is 5. The Kier molecular flexibility index (Phi) is 22.3. The van der Waals surface area contributed by atoms with Gasteiger partial charge in [-0.05, 0) is 216 Å². The maximum absolute atomic E-state index is 13.3. The second-order valence-corrected chi connectivity index (χ2v) is 34.6. The fourth-order valence-corrected chi connectivity index (χ4v) is 18.6. The van der Waals surface area contributed by atoms with Gasteiger partial charge in [-0.25, -0.2) is 9.18 Å². The van der Waals surface area contributed by atoms with Gasteiger partial charge < -0.3 is 43.7 Å². The zero-order valence-corrected chi connectivity index (χ0v) is 68.0. The van der Waals surface area contributed by atoms with Crippen molar-refractivity contribution in [2.75, 3.05) is 57.3 Å². The van der Waals surface area contributed by atoms with Gasteiger partial charge in [0.25, 0.3) is 23.6 Å². The normalized spacial score (nSPS) is 19.0. The van der Waals surface area contributed by atoms with E-state index in [2.05, 4.69) is 69.3 Å². The SMILES string of the molecule is CC(C)(C)OC(=O)N1CCC(N2CC(Oc3ccc(Oc4c(-c5ccc(Br)cc5)sc5cc(O)ccc45)cc3)C2)CC1.O=C1CCC(N2C(=O)c3ccc(F)cc3C2=O)C(=O)N1.O=C1CCC(N2C(=O)c3ccc(N4CCC(N5CC(Oc6ccc(Oc7c(-c8ccc(Br)cc8)sc8cc(O)ccc78)cc6)C5)CC4)cc3C2=O)C(=O)N1. The van der Waals surface area contributed by atoms with Crippen LogP contribution in [0.25, 0.3) is 41.1 Å². The highest BCUT2D eigenvalue weighted by Gasteiger charge is 2.47. The molecule has 9 amide bonds. The number of piperidine rings is 4. The molecule has 6 fully saturated rings. The smallest absolute Gasteiger partial charge is 0.410 e. The van der Waals surface area contributed by atoms with Gasteiger partial charge >= 0.3 is 6.09 Å². The predicted molar refractivity (Wildman–Crippen MR) is 441 cm³/mol. The first-order chi connectivity index (χ1) is 55.8. The molecule has 116 heavy (non-hydrogen) atoms. The molecule has 18 rings (SSSR count). The van der Waals surface area contributed by atoms with Crippen molar-refractivity contribution in [2.24, 2.45) is 0 Å². The number of likely N-dealkylation sites (tertiary alicyclic amines) is 3. The lowest BCUT2D eigenvalue weighted by Crippen LogP contribution is -2.60. The fourth-order valence-electron chi connectivity index (χ4n) is 15.7. The van der Waals surface area contributed by atoms with E-state index in [4.69, 9.17) is 23.7 Å². The van der Waals surface area contributed by atoms with Gasteiger partial charge in [0.2, 0.25) is 23.6 Å². The van der Waals surface area contributed by atoms with Crippen LogP contribution in [0.3, 0.4) is 0 Å². The van der Waals surface area contributed by atoms with E-state index in [0.29, 0.717) is 29.0 Å². The van der Waals surface area contributed by atoms with Crippen LogP contribution >= 0.6 is 54.5 Å². The predicted octanol–water partition coefficient (Wildman–Crippen LogP) is 15.5. The highest BCUT2D eigenvalue weighted by molar-refractivity contribution is 9.10. The second kappa shape index (κ2) is 32.9. The molecule has 2 aromatic heterocycles. The zero-order chi connectivity index (χ0) is 81.0. The number of phenols is 2. The van der Waals surface area contributed by atoms with Crippen molar-refractivity contribution < 1.29 is 81.4 Å². The number of carbonyl (C=O) groups excluding carboxylic acids is 9. The first kappa shape index (κ1) is 78.8. The first-order valence-electron chi connectivity index (χ1n) is 38.3. The fraction of sp³-hybridized carbons (Fsp3) is 0.299. The zero-order valence-electron chi connectivity index (χ0n) is 63.2. The summed E-state index contributed by atoms with van der Waals surface area (Å²) in [6, 6.07) is 50.0. The van der Waals surface area contributed by atoms with E-state index in [1.807, 2.05) is 129 Å². The lowest BCUT2D eigenvalue weighted by Gasteiger charge is -2.47. The van der Waals surface area contributed by atoms with E-state index >= 15 is 0 Å². The maximum Gasteiger partial charge on any atom is 0.410 e. The van der Waals surface area contributed by atoms with Crippen LogP contribution in [-0.4, -0.2) is 182 Å². The molecule has 2 unspecified atom stereocenters. The molecule has 596 valence electrons. The van der Waals surface area contributed by atoms with Crippen LogP contribution in [0.1, 0.15) is 114 Å². The minimum atomic E-state index is -1.02. The Morgan fingerprint density at radius 1 is 0.474 bits per heavy atom. The van der Waals surface area contributed by atoms with E-state index in [0.717, 1.165) is 184 Å². The molecule has 6 saturated heterocycles. The molecule has 24 nitrogen and oxygen atoms in total. The van der Waals surface area contributed by atoms with Crippen LogP contribution < -0.4 is 34.5 Å². The number of benzene rings is 8. The summed E-state index contributed by atoms with van der Waals surface area (Å²) in [4.78, 5) is 123. The molecule has 10 heterocycles. The summed E-state index contributed by atoms with van der Waals surface area (Å²) in [6.45, 7) is 12.3. The monoisotopic (exact) mass is 1730 g/mol. The number of hydrogen-bond acceptors (Lipinski definition) is 21. The summed E-state index contributed by atoms with van der Waals surface area (Å²) in [7, 11) is 0. The summed E-state index contributed by atoms with van der Waals surface area (Å²) in [6.07, 6.45) is 4.23. The number of imide groups is 4. The van der Waals surface area contributed by atoms with Crippen molar-refractivity contribution in [2.45, 2.75) is 114 Å². The third kappa shape index (κ3) is 16.8. The van der Waals surface area contributed by atoms with Crippen molar-refractivity contribution in [3.05, 3.63) is 207 Å². The molecule has 2 atom stereocenters. The number of thiophene rings is 2. The third-order valence-corrected chi connectivity index (χ3v) is 25.1. The molecule has 0 aliphatic carbocycles. The third-order valence-electron chi connectivity index (χ3n) is 21.7. The highest BCUT2D eigenvalue weighted by Crippen LogP contribution is 2.50. The van der Waals surface area contributed by atoms with Crippen molar-refractivity contribution in [1.82, 2.24) is 35.1 Å². The molecule has 0 radical (unpaired) electrons. The quantitative estimate of drug-likeness (QED) is 0.0694. The van der Waals surface area contributed by atoms with Gasteiger partial charge in [-0.1, -0.05) is 56.1 Å². The van der Waals surface area contributed by atoms with Gasteiger partial charge in [-0.3, -0.25) is 68.6 Å². The lowest BCUT2D eigenvalue weighted by molar-refractivity contribution is -0.137. The molecule has 0 spiro atoms. The summed E-state index contributed by atoms with van der Waals surface area (Å²) >= 11 is 10.2. The van der Waals surface area contributed by atoms with Gasteiger partial charge in [-0.2, -0.15) is 0 Å². The molecule has 10 aromatic rings. The Morgan fingerprint density at radius 3 is 1.31 bits per heavy atom. The van der Waals surface area contributed by atoms with E-state index < -0.39 is 70.8 Å². The number of nitrogens with zero attached hydrogens (tertiary/aromatic N) is 6. The summed E-state index contributed by atoms with van der Waals surface area (Å²) < 4.78 is 48.1. The summed E-state index contributed by atoms with van der Waals surface area (Å²) in [5.41, 5.74) is 3.11. The Bertz CT molecular complexity index is 5540. The average Bonchev–Trinajstić information content (AvgIpc) is 1.58. The molecule has 0 saturated carbocycles. The number of hydrogen-bond donors (Lipinski definition) is 4. The summed E-state index contributed by atoms with van der Waals surface area (Å²) in [5, 5.41) is 26.4. The van der Waals surface area contributed by atoms with Crippen molar-refractivity contribution in [3.63, 3.8) is 0 Å². The number of carbonyl (C=O) groups is 9. The number of amides is 9. The minimum Gasteiger partial charge on any atom is -0.508 e. The van der Waals surface area contributed by atoms with Crippen molar-refractivity contribution in [1.29, 1.82) is 0 Å². The van der Waals surface area contributed by atoms with Gasteiger partial charge in [0, 0.05) is 112 Å². The number of phenolic OH excluding ortho intramolecular Hbond substituents is 2. The Morgan fingerprint density at radius 2 is 0.879 bits per heavy atom. The van der Waals surface area contributed by atoms with E-state index in [1.54, 1.807) is 59.1 Å². The Balaban J connectivity index is 0.000000144. The second-order valence-electron chi connectivity index (χ2n) is 30.7. The number of anilines is 1. The first-order valence-corrected chi connectivity index (χ1v) is 41.5. The maximum atomic E-state index is 13.3. The Hall–Kier alpha value is -11.1. The number of aromatic hydroxyl groups is 2. The number of fused-ring (bicyclic) bond motifs is 4. The number of halogens is 3. The largest absolute Gasteiger partial charge is 0.508 e. The van der Waals surface area contributed by atoms with E-state index in [1.165, 1.54) is 6.07 Å². The molecule has 0 bridgehead atoms. The molecule has 8 aromatic carbocycles. The van der Waals surface area contributed by atoms with Crippen LogP contribution in [0.5, 0.6) is 46.0 Å². The average molecular weight is 1740 g/mol. The molecular formula is C87H79Br2FN8O16S2. The molecule has 4 N–H and O–H groups in total. The summed E-state index contributed by atoms with van der Waals surface area (Å²) in [5.74, 6) is -0.0686. The van der Waals surface area contributed by atoms with Gasteiger partial charge in [0.15, 0.2) is 11.5 Å². The van der Waals surface area contributed by atoms with Crippen LogP contribution in [0, 0.1) is 5.82 Å². The van der Waals surface area contributed by atoms with Crippen molar-refractivity contribution in [3.8, 4) is 66.9 Å². The standard InChI is InChI=1S/C41H35BrN4O7S.C33H35BrN2O5S.C13H9FN2O4/c42-24-3-1-23(2-4-24)38-37(32-12-6-27(47)20-35(32)54-38)53-29-9-7-28(8-10-29)52-30-21-45(22-30)25-15-17-44(18-16-25)26-5-11-31-33(19-26)41(51)46(40(31)50)34-13-14-36(48)43-39(34)49;1-33(2,3)41-32(38)35-16-14-23(15-17-35)36-19-27(20-36)39-25-9-11-26(12-10-25)40-30-28-13-8-24(37)18-29(28)42-31(30)21-4-6-22(34)7-5-21;14-6-1-2-7-8(5-6)13(20)16(12(7)19)9-3-4-10(17)15-11(9)18/h1-12,19-20,25,30,34,47H,13-18,21-22H2,(H,43,48,49);4-13,18,23,27,37H,14-17,19-20H2,1-3H3;1-2,5,9H,3-4H2,(H,15,17,18). The van der Waals surface area contributed by atoms with Gasteiger partial charge in [0.05, 0.1) is 32.0 Å². The molecule has 29 heteroatoms. The van der Waals surface area contributed by atoms with Crippen LogP contribution in [-0.2, 0) is 23.9 Å². The van der Waals surface area contributed by atoms with E-state index in [9.17, 15) is 57.8 Å².